The fraction of sp³-hybridized carbons (Fsp3) is 0.0833. The van der Waals surface area contributed by atoms with Gasteiger partial charge >= 0.3 is 0 Å². The zero-order chi connectivity index (χ0) is 12.1. The fourth-order valence-electron chi connectivity index (χ4n) is 1.26. The van der Waals surface area contributed by atoms with Crippen molar-refractivity contribution in [3.63, 3.8) is 0 Å². The van der Waals surface area contributed by atoms with Crippen LogP contribution in [-0.4, -0.2) is 22.4 Å². The van der Waals surface area contributed by atoms with E-state index in [1.54, 1.807) is 23.8 Å². The van der Waals surface area contributed by atoms with E-state index >= 15 is 0 Å². The number of nitrogens with one attached hydrogen (secondary N) is 1. The second-order valence-electron chi connectivity index (χ2n) is 3.27. The molecule has 0 aliphatic heterocycles. The number of amides is 1. The van der Waals surface area contributed by atoms with Gasteiger partial charge in [0.2, 0.25) is 0 Å². The normalized spacial score (nSPS) is 9.88. The van der Waals surface area contributed by atoms with E-state index in [1.165, 1.54) is 11.3 Å². The van der Waals surface area contributed by atoms with Crippen LogP contribution in [0.25, 0.3) is 10.6 Å². The van der Waals surface area contributed by atoms with Crippen LogP contribution in [0, 0.1) is 0 Å². The lowest BCUT2D eigenvalue weighted by Crippen LogP contribution is -2.23. The van der Waals surface area contributed by atoms with Crippen LogP contribution in [0.15, 0.2) is 42.6 Å². The number of aromatic nitrogens is 2. The van der Waals surface area contributed by atoms with Gasteiger partial charge in [0.15, 0.2) is 0 Å². The van der Waals surface area contributed by atoms with Crippen molar-refractivity contribution in [3.05, 3.63) is 48.3 Å². The Morgan fingerprint density at radius 3 is 2.94 bits per heavy atom. The second kappa shape index (κ2) is 5.36. The molecular weight excluding hydrogens is 234 g/mol. The van der Waals surface area contributed by atoms with E-state index in [0.29, 0.717) is 12.2 Å². The molecule has 17 heavy (non-hydrogen) atoms. The Labute approximate surface area is 103 Å². The van der Waals surface area contributed by atoms with Gasteiger partial charge in [0.05, 0.1) is 0 Å². The number of carbonyl (C=O) groups excluding carboxylic acids is 1. The first-order valence-corrected chi connectivity index (χ1v) is 5.94. The van der Waals surface area contributed by atoms with Crippen LogP contribution in [0.5, 0.6) is 0 Å². The molecule has 86 valence electrons. The molecule has 2 aromatic rings. The smallest absolute Gasteiger partial charge is 0.271 e. The van der Waals surface area contributed by atoms with E-state index in [4.69, 9.17) is 0 Å². The average Bonchev–Trinajstić information content (AvgIpc) is 2.86. The van der Waals surface area contributed by atoms with E-state index < -0.39 is 0 Å². The van der Waals surface area contributed by atoms with Gasteiger partial charge in [-0.2, -0.15) is 0 Å². The third-order valence-electron chi connectivity index (χ3n) is 2.07. The van der Waals surface area contributed by atoms with Gasteiger partial charge in [-0.3, -0.25) is 9.78 Å². The lowest BCUT2D eigenvalue weighted by atomic mass is 10.3. The zero-order valence-corrected chi connectivity index (χ0v) is 9.91. The van der Waals surface area contributed by atoms with Crippen LogP contribution in [0.2, 0.25) is 0 Å². The Morgan fingerprint density at radius 1 is 1.47 bits per heavy atom. The summed E-state index contributed by atoms with van der Waals surface area (Å²) >= 11 is 1.44. The van der Waals surface area contributed by atoms with Crippen LogP contribution in [-0.2, 0) is 0 Å². The van der Waals surface area contributed by atoms with Crippen molar-refractivity contribution < 1.29 is 4.79 Å². The summed E-state index contributed by atoms with van der Waals surface area (Å²) in [5.74, 6) is -0.179. The van der Waals surface area contributed by atoms with Gasteiger partial charge in [0.1, 0.15) is 10.7 Å². The molecule has 0 fully saturated rings. The maximum absolute atomic E-state index is 11.6. The first-order chi connectivity index (χ1) is 8.31. The molecule has 0 unspecified atom stereocenters. The first kappa shape index (κ1) is 11.5. The van der Waals surface area contributed by atoms with E-state index in [1.807, 2.05) is 12.1 Å². The summed E-state index contributed by atoms with van der Waals surface area (Å²) in [4.78, 5) is 19.8. The Kier molecular flexibility index (Phi) is 3.62. The molecule has 0 radical (unpaired) electrons. The average molecular weight is 245 g/mol. The van der Waals surface area contributed by atoms with E-state index in [9.17, 15) is 4.79 Å². The highest BCUT2D eigenvalue weighted by molar-refractivity contribution is 7.13. The molecule has 0 saturated carbocycles. The quantitative estimate of drug-likeness (QED) is 0.839. The van der Waals surface area contributed by atoms with Crippen molar-refractivity contribution in [1.82, 2.24) is 15.3 Å². The maximum atomic E-state index is 11.6. The number of nitrogens with zero attached hydrogens (tertiary/aromatic N) is 2. The Morgan fingerprint density at radius 2 is 2.24 bits per heavy atom. The Bertz CT molecular complexity index is 522. The van der Waals surface area contributed by atoms with Crippen molar-refractivity contribution in [2.75, 3.05) is 6.54 Å². The Balaban J connectivity index is 2.16. The topological polar surface area (TPSA) is 54.9 Å². The van der Waals surface area contributed by atoms with Crippen LogP contribution < -0.4 is 5.32 Å². The highest BCUT2D eigenvalue weighted by Crippen LogP contribution is 2.22. The minimum atomic E-state index is -0.179. The molecule has 0 saturated heterocycles. The molecule has 0 aromatic carbocycles. The molecule has 2 heterocycles. The summed E-state index contributed by atoms with van der Waals surface area (Å²) in [6, 6.07) is 3.73. The van der Waals surface area contributed by atoms with Gasteiger partial charge < -0.3 is 5.32 Å². The van der Waals surface area contributed by atoms with E-state index in [2.05, 4.69) is 21.9 Å². The molecule has 0 aliphatic rings. The third kappa shape index (κ3) is 2.76. The van der Waals surface area contributed by atoms with Gasteiger partial charge in [-0.25, -0.2) is 4.98 Å². The van der Waals surface area contributed by atoms with Crippen LogP contribution >= 0.6 is 11.3 Å². The number of pyridine rings is 1. The highest BCUT2D eigenvalue weighted by atomic mass is 32.1. The van der Waals surface area contributed by atoms with Gasteiger partial charge in [0.25, 0.3) is 5.91 Å². The number of rotatable bonds is 4. The molecule has 1 N–H and O–H groups in total. The van der Waals surface area contributed by atoms with Crippen molar-refractivity contribution in [3.8, 4) is 10.6 Å². The summed E-state index contributed by atoms with van der Waals surface area (Å²) in [5.41, 5.74) is 1.40. The molecule has 2 rings (SSSR count). The molecule has 0 aliphatic carbocycles. The number of hydrogen-bond donors (Lipinski definition) is 1. The molecule has 0 atom stereocenters. The van der Waals surface area contributed by atoms with Crippen molar-refractivity contribution in [2.24, 2.45) is 0 Å². The van der Waals surface area contributed by atoms with E-state index in [-0.39, 0.29) is 5.91 Å². The van der Waals surface area contributed by atoms with Crippen LogP contribution in [0.1, 0.15) is 10.5 Å². The standard InChI is InChI=1S/C12H11N3OS/c1-2-5-14-11(16)10-8-17-12(15-10)9-3-6-13-7-4-9/h2-4,6-8H,1,5H2,(H,14,16). The van der Waals surface area contributed by atoms with Gasteiger partial charge in [-0.1, -0.05) is 6.08 Å². The lowest BCUT2D eigenvalue weighted by molar-refractivity contribution is 0.0954. The largest absolute Gasteiger partial charge is 0.347 e. The SMILES string of the molecule is C=CCNC(=O)c1csc(-c2ccncc2)n1. The minimum absolute atomic E-state index is 0.179. The molecule has 2 aromatic heterocycles. The summed E-state index contributed by atoms with van der Waals surface area (Å²) < 4.78 is 0. The van der Waals surface area contributed by atoms with E-state index in [0.717, 1.165) is 10.6 Å². The number of hydrogen-bond acceptors (Lipinski definition) is 4. The van der Waals surface area contributed by atoms with Gasteiger partial charge in [0, 0.05) is 29.9 Å². The second-order valence-corrected chi connectivity index (χ2v) is 4.13. The third-order valence-corrected chi connectivity index (χ3v) is 2.96. The van der Waals surface area contributed by atoms with Crippen LogP contribution in [0.4, 0.5) is 0 Å². The molecule has 0 spiro atoms. The predicted molar refractivity (Wildman–Crippen MR) is 67.9 cm³/mol. The molecule has 1 amide bonds. The molecular formula is C12H11N3OS. The minimum Gasteiger partial charge on any atom is -0.347 e. The first-order valence-electron chi connectivity index (χ1n) is 5.06. The van der Waals surface area contributed by atoms with Gasteiger partial charge in [-0.15, -0.1) is 17.9 Å². The number of thiazole rings is 1. The fourth-order valence-corrected chi connectivity index (χ4v) is 2.07. The lowest BCUT2D eigenvalue weighted by Gasteiger charge is -1.97. The van der Waals surface area contributed by atoms with Crippen molar-refractivity contribution >= 4 is 17.2 Å². The summed E-state index contributed by atoms with van der Waals surface area (Å²) in [7, 11) is 0. The van der Waals surface area contributed by atoms with Crippen molar-refractivity contribution in [1.29, 1.82) is 0 Å². The predicted octanol–water partition coefficient (Wildman–Crippen LogP) is 2.12. The summed E-state index contributed by atoms with van der Waals surface area (Å²) in [6.07, 6.45) is 5.04. The zero-order valence-electron chi connectivity index (χ0n) is 9.09. The monoisotopic (exact) mass is 245 g/mol. The molecule has 5 heteroatoms. The Hall–Kier alpha value is -2.01. The maximum Gasteiger partial charge on any atom is 0.271 e. The van der Waals surface area contributed by atoms with Crippen LogP contribution in [0.3, 0.4) is 0 Å². The summed E-state index contributed by atoms with van der Waals surface area (Å²) in [6.45, 7) is 3.99. The van der Waals surface area contributed by atoms with Crippen molar-refractivity contribution in [2.45, 2.75) is 0 Å². The molecule has 4 nitrogen and oxygen atoms in total. The summed E-state index contributed by atoms with van der Waals surface area (Å²) in [5, 5.41) is 5.25. The highest BCUT2D eigenvalue weighted by Gasteiger charge is 2.10. The van der Waals surface area contributed by atoms with Gasteiger partial charge in [-0.05, 0) is 12.1 Å². The number of carbonyl (C=O) groups is 1. The molecule has 0 bridgehead atoms.